The average Bonchev–Trinajstić information content (AvgIpc) is 2.19. The maximum atomic E-state index is 11.4. The zero-order valence-corrected chi connectivity index (χ0v) is 9.40. The van der Waals surface area contributed by atoms with E-state index < -0.39 is 0 Å². The number of hydrogen-bond donors (Lipinski definition) is 2. The lowest BCUT2D eigenvalue weighted by Crippen LogP contribution is -2.35. The van der Waals surface area contributed by atoms with Gasteiger partial charge in [-0.05, 0) is 6.42 Å². The summed E-state index contributed by atoms with van der Waals surface area (Å²) in [5, 5.41) is 2.84. The SMILES string of the molecule is C#CCSCCNC(=O)C(CC)CN. The Labute approximate surface area is 90.2 Å². The molecule has 0 aliphatic heterocycles. The first kappa shape index (κ1) is 13.3. The first-order valence-corrected chi connectivity index (χ1v) is 5.90. The van der Waals surface area contributed by atoms with Gasteiger partial charge in [0.25, 0.3) is 0 Å². The largest absolute Gasteiger partial charge is 0.355 e. The van der Waals surface area contributed by atoms with Crippen LogP contribution < -0.4 is 11.1 Å². The van der Waals surface area contributed by atoms with Gasteiger partial charge in [-0.2, -0.15) is 0 Å². The number of nitrogens with two attached hydrogens (primary N) is 1. The zero-order valence-electron chi connectivity index (χ0n) is 8.58. The second-order valence-corrected chi connectivity index (χ2v) is 3.99. The molecule has 0 aliphatic carbocycles. The van der Waals surface area contributed by atoms with E-state index in [1.165, 1.54) is 0 Å². The Balaban J connectivity index is 3.48. The van der Waals surface area contributed by atoms with Crippen LogP contribution in [0, 0.1) is 18.3 Å². The van der Waals surface area contributed by atoms with Gasteiger partial charge in [0.2, 0.25) is 5.91 Å². The van der Waals surface area contributed by atoms with Crippen LogP contribution in [0.1, 0.15) is 13.3 Å². The molecular weight excluding hydrogens is 196 g/mol. The molecule has 0 aliphatic rings. The van der Waals surface area contributed by atoms with E-state index in [2.05, 4.69) is 11.2 Å². The highest BCUT2D eigenvalue weighted by Crippen LogP contribution is 2.00. The van der Waals surface area contributed by atoms with Crippen molar-refractivity contribution in [2.75, 3.05) is 24.6 Å². The number of rotatable bonds is 7. The number of terminal acetylenes is 1. The molecule has 4 heteroatoms. The first-order valence-electron chi connectivity index (χ1n) is 4.75. The second-order valence-electron chi connectivity index (χ2n) is 2.89. The molecule has 0 spiro atoms. The van der Waals surface area contributed by atoms with Gasteiger partial charge in [-0.1, -0.05) is 12.8 Å². The highest BCUT2D eigenvalue weighted by molar-refractivity contribution is 7.99. The normalized spacial score (nSPS) is 11.8. The zero-order chi connectivity index (χ0) is 10.8. The van der Waals surface area contributed by atoms with Crippen molar-refractivity contribution in [2.24, 2.45) is 11.7 Å². The third-order valence-electron chi connectivity index (χ3n) is 1.88. The quantitative estimate of drug-likeness (QED) is 0.478. The van der Waals surface area contributed by atoms with E-state index >= 15 is 0 Å². The van der Waals surface area contributed by atoms with Gasteiger partial charge in [0, 0.05) is 24.8 Å². The molecule has 0 fully saturated rings. The number of hydrogen-bond acceptors (Lipinski definition) is 3. The van der Waals surface area contributed by atoms with Gasteiger partial charge in [-0.25, -0.2) is 0 Å². The van der Waals surface area contributed by atoms with Gasteiger partial charge < -0.3 is 11.1 Å². The van der Waals surface area contributed by atoms with Crippen molar-refractivity contribution >= 4 is 17.7 Å². The van der Waals surface area contributed by atoms with E-state index in [-0.39, 0.29) is 11.8 Å². The Morgan fingerprint density at radius 3 is 2.93 bits per heavy atom. The summed E-state index contributed by atoms with van der Waals surface area (Å²) in [4.78, 5) is 11.4. The van der Waals surface area contributed by atoms with E-state index in [0.717, 1.165) is 12.2 Å². The molecule has 14 heavy (non-hydrogen) atoms. The number of thioether (sulfide) groups is 1. The van der Waals surface area contributed by atoms with Crippen LogP contribution in [0.5, 0.6) is 0 Å². The van der Waals surface area contributed by atoms with Crippen LogP contribution in [0.25, 0.3) is 0 Å². The molecule has 0 saturated carbocycles. The molecule has 0 heterocycles. The van der Waals surface area contributed by atoms with E-state index in [1.54, 1.807) is 11.8 Å². The van der Waals surface area contributed by atoms with Crippen LogP contribution in [0.3, 0.4) is 0 Å². The predicted octanol–water partition coefficient (Wildman–Crippen LogP) is 0.454. The minimum atomic E-state index is -0.0485. The fourth-order valence-electron chi connectivity index (χ4n) is 0.981. The lowest BCUT2D eigenvalue weighted by Gasteiger charge is -2.11. The van der Waals surface area contributed by atoms with E-state index in [9.17, 15) is 4.79 Å². The summed E-state index contributed by atoms with van der Waals surface area (Å²) in [6.07, 6.45) is 5.88. The summed E-state index contributed by atoms with van der Waals surface area (Å²) < 4.78 is 0. The van der Waals surface area contributed by atoms with Crippen molar-refractivity contribution in [2.45, 2.75) is 13.3 Å². The van der Waals surface area contributed by atoms with Gasteiger partial charge >= 0.3 is 0 Å². The predicted molar refractivity (Wildman–Crippen MR) is 62.0 cm³/mol. The van der Waals surface area contributed by atoms with Crippen molar-refractivity contribution < 1.29 is 4.79 Å². The molecule has 1 unspecified atom stereocenters. The van der Waals surface area contributed by atoms with Gasteiger partial charge in [-0.15, -0.1) is 18.2 Å². The Kier molecular flexibility index (Phi) is 8.50. The van der Waals surface area contributed by atoms with E-state index in [0.29, 0.717) is 18.8 Å². The fourth-order valence-corrected chi connectivity index (χ4v) is 1.49. The lowest BCUT2D eigenvalue weighted by molar-refractivity contribution is -0.124. The molecule has 0 saturated heterocycles. The number of carbonyl (C=O) groups is 1. The van der Waals surface area contributed by atoms with Crippen molar-refractivity contribution in [3.63, 3.8) is 0 Å². The third kappa shape index (κ3) is 5.90. The Morgan fingerprint density at radius 2 is 2.43 bits per heavy atom. The van der Waals surface area contributed by atoms with Gasteiger partial charge in [0.1, 0.15) is 0 Å². The van der Waals surface area contributed by atoms with Gasteiger partial charge in [0.15, 0.2) is 0 Å². The standard InChI is InChI=1S/C10H18N2OS/c1-3-6-14-7-5-12-10(13)9(4-2)8-11/h1,9H,4-8,11H2,2H3,(H,12,13). The van der Waals surface area contributed by atoms with Crippen molar-refractivity contribution in [3.05, 3.63) is 0 Å². The summed E-state index contributed by atoms with van der Waals surface area (Å²) in [5.74, 6) is 4.09. The molecule has 1 atom stereocenters. The maximum absolute atomic E-state index is 11.4. The topological polar surface area (TPSA) is 55.1 Å². The van der Waals surface area contributed by atoms with Gasteiger partial charge in [-0.3, -0.25) is 4.79 Å². The van der Waals surface area contributed by atoms with Crippen molar-refractivity contribution in [3.8, 4) is 12.3 Å². The lowest BCUT2D eigenvalue weighted by atomic mass is 10.1. The first-order chi connectivity index (χ1) is 6.76. The molecule has 0 rings (SSSR count). The van der Waals surface area contributed by atoms with Crippen molar-refractivity contribution in [1.29, 1.82) is 0 Å². The van der Waals surface area contributed by atoms with Crippen LogP contribution >= 0.6 is 11.8 Å². The van der Waals surface area contributed by atoms with E-state index in [1.807, 2.05) is 6.92 Å². The van der Waals surface area contributed by atoms with Crippen LogP contribution in [0.2, 0.25) is 0 Å². The molecule has 0 radical (unpaired) electrons. The van der Waals surface area contributed by atoms with Crippen LogP contribution in [-0.4, -0.2) is 30.5 Å². The molecule has 3 nitrogen and oxygen atoms in total. The molecule has 0 aromatic heterocycles. The van der Waals surface area contributed by atoms with Gasteiger partial charge in [0.05, 0.1) is 5.75 Å². The van der Waals surface area contributed by atoms with Crippen LogP contribution in [0.4, 0.5) is 0 Å². The number of nitrogens with one attached hydrogen (secondary N) is 1. The van der Waals surface area contributed by atoms with Crippen LogP contribution in [-0.2, 0) is 4.79 Å². The smallest absolute Gasteiger partial charge is 0.224 e. The molecule has 3 N–H and O–H groups in total. The average molecular weight is 214 g/mol. The minimum absolute atomic E-state index is 0.0485. The number of carbonyl (C=O) groups excluding carboxylic acids is 1. The summed E-state index contributed by atoms with van der Waals surface area (Å²) in [6, 6.07) is 0. The Hall–Kier alpha value is -0.660. The van der Waals surface area contributed by atoms with Crippen LogP contribution in [0.15, 0.2) is 0 Å². The molecule has 0 bridgehead atoms. The molecule has 1 amide bonds. The highest BCUT2D eigenvalue weighted by Gasteiger charge is 2.12. The molecule has 0 aromatic rings. The van der Waals surface area contributed by atoms with E-state index in [4.69, 9.17) is 12.2 Å². The maximum Gasteiger partial charge on any atom is 0.224 e. The summed E-state index contributed by atoms with van der Waals surface area (Å²) in [5.41, 5.74) is 5.44. The summed E-state index contributed by atoms with van der Waals surface area (Å²) in [6.45, 7) is 3.05. The summed E-state index contributed by atoms with van der Waals surface area (Å²) >= 11 is 1.64. The van der Waals surface area contributed by atoms with Crippen molar-refractivity contribution in [1.82, 2.24) is 5.32 Å². The molecule has 0 aromatic carbocycles. The Morgan fingerprint density at radius 1 is 1.71 bits per heavy atom. The molecular formula is C10H18N2OS. The fraction of sp³-hybridized carbons (Fsp3) is 0.700. The third-order valence-corrected chi connectivity index (χ3v) is 2.74. The molecule has 80 valence electrons. The second kappa shape index (κ2) is 8.92. The Bertz CT molecular complexity index is 197. The number of amides is 1. The monoisotopic (exact) mass is 214 g/mol. The minimum Gasteiger partial charge on any atom is -0.355 e. The summed E-state index contributed by atoms with van der Waals surface area (Å²) in [7, 11) is 0. The highest BCUT2D eigenvalue weighted by atomic mass is 32.2.